The lowest BCUT2D eigenvalue weighted by Gasteiger charge is -2.29. The number of carbonyl (C=O) groups excluding carboxylic acids is 1. The van der Waals surface area contributed by atoms with Crippen LogP contribution < -0.4 is 0 Å². The summed E-state index contributed by atoms with van der Waals surface area (Å²) in [6, 6.07) is 0. The highest BCUT2D eigenvalue weighted by Gasteiger charge is 2.36. The number of nitrogens with zero attached hydrogens (tertiary/aromatic N) is 1. The van der Waals surface area contributed by atoms with E-state index in [0.717, 1.165) is 28.4 Å². The number of methoxy groups -OCH3 is 1. The van der Waals surface area contributed by atoms with Gasteiger partial charge in [-0.05, 0) is 19.8 Å². The highest BCUT2D eigenvalue weighted by molar-refractivity contribution is 7.14. The van der Waals surface area contributed by atoms with E-state index in [1.165, 1.54) is 37.0 Å². The van der Waals surface area contributed by atoms with Gasteiger partial charge in [0.1, 0.15) is 10.6 Å². The van der Waals surface area contributed by atoms with Crippen molar-refractivity contribution in [1.82, 2.24) is 4.98 Å². The SMILES string of the molecule is COC1(c2nc(C)c(C(C)=O)s2)CCCCCC1. The van der Waals surface area contributed by atoms with Crippen molar-refractivity contribution in [3.63, 3.8) is 0 Å². The molecule has 1 saturated carbocycles. The fraction of sp³-hybridized carbons (Fsp3) is 0.714. The van der Waals surface area contributed by atoms with Crippen LogP contribution >= 0.6 is 11.3 Å². The van der Waals surface area contributed by atoms with E-state index >= 15 is 0 Å². The molecule has 0 amide bonds. The Morgan fingerprint density at radius 1 is 1.28 bits per heavy atom. The number of carbonyl (C=O) groups is 1. The largest absolute Gasteiger partial charge is 0.371 e. The van der Waals surface area contributed by atoms with Gasteiger partial charge in [0.25, 0.3) is 0 Å². The van der Waals surface area contributed by atoms with Gasteiger partial charge in [0, 0.05) is 14.0 Å². The van der Waals surface area contributed by atoms with Gasteiger partial charge < -0.3 is 4.74 Å². The molecule has 1 aromatic heterocycles. The molecule has 1 aromatic rings. The Bertz CT molecular complexity index is 431. The molecule has 1 aliphatic carbocycles. The number of ketones is 1. The van der Waals surface area contributed by atoms with Crippen LogP contribution in [0.1, 0.15) is 65.8 Å². The number of aryl methyl sites for hydroxylation is 1. The average molecular weight is 267 g/mol. The van der Waals surface area contributed by atoms with Gasteiger partial charge in [0.2, 0.25) is 0 Å². The van der Waals surface area contributed by atoms with Crippen LogP contribution in [-0.2, 0) is 10.3 Å². The third-order valence-electron chi connectivity index (χ3n) is 3.81. The topological polar surface area (TPSA) is 39.2 Å². The molecule has 0 bridgehead atoms. The van der Waals surface area contributed by atoms with Crippen LogP contribution in [0.25, 0.3) is 0 Å². The molecule has 4 heteroatoms. The Labute approximate surface area is 113 Å². The Hall–Kier alpha value is -0.740. The van der Waals surface area contributed by atoms with E-state index in [4.69, 9.17) is 4.74 Å². The normalized spacial score (nSPS) is 19.5. The summed E-state index contributed by atoms with van der Waals surface area (Å²) in [5.41, 5.74) is 0.600. The fourth-order valence-corrected chi connectivity index (χ4v) is 3.91. The minimum Gasteiger partial charge on any atom is -0.371 e. The van der Waals surface area contributed by atoms with Crippen LogP contribution in [0, 0.1) is 6.92 Å². The molecule has 18 heavy (non-hydrogen) atoms. The molecular formula is C14H21NO2S. The summed E-state index contributed by atoms with van der Waals surface area (Å²) in [4.78, 5) is 16.9. The molecule has 1 fully saturated rings. The molecular weight excluding hydrogens is 246 g/mol. The first kappa shape index (κ1) is 13.7. The maximum absolute atomic E-state index is 11.6. The van der Waals surface area contributed by atoms with Gasteiger partial charge in [-0.2, -0.15) is 0 Å². The molecule has 0 saturated heterocycles. The van der Waals surface area contributed by atoms with Crippen LogP contribution in [-0.4, -0.2) is 17.9 Å². The minimum absolute atomic E-state index is 0.108. The summed E-state index contributed by atoms with van der Waals surface area (Å²) >= 11 is 1.52. The van der Waals surface area contributed by atoms with Crippen molar-refractivity contribution in [2.45, 2.75) is 58.0 Å². The molecule has 0 radical (unpaired) electrons. The van der Waals surface area contributed by atoms with Gasteiger partial charge in [-0.1, -0.05) is 25.7 Å². The van der Waals surface area contributed by atoms with E-state index in [0.29, 0.717) is 0 Å². The molecule has 0 unspecified atom stereocenters. The molecule has 0 spiro atoms. The van der Waals surface area contributed by atoms with E-state index in [9.17, 15) is 4.79 Å². The third kappa shape index (κ3) is 2.50. The van der Waals surface area contributed by atoms with Crippen LogP contribution in [0.5, 0.6) is 0 Å². The van der Waals surface area contributed by atoms with Crippen LogP contribution in [0.3, 0.4) is 0 Å². The van der Waals surface area contributed by atoms with Crippen molar-refractivity contribution in [2.75, 3.05) is 7.11 Å². The molecule has 1 aliphatic rings. The predicted octanol–water partition coefficient (Wildman–Crippen LogP) is 3.85. The number of rotatable bonds is 3. The maximum Gasteiger partial charge on any atom is 0.171 e. The summed E-state index contributed by atoms with van der Waals surface area (Å²) in [6.45, 7) is 3.52. The zero-order valence-corrected chi connectivity index (χ0v) is 12.2. The molecule has 2 rings (SSSR count). The van der Waals surface area contributed by atoms with Crippen LogP contribution in [0.2, 0.25) is 0 Å². The van der Waals surface area contributed by atoms with E-state index in [1.54, 1.807) is 14.0 Å². The zero-order chi connectivity index (χ0) is 13.2. The lowest BCUT2D eigenvalue weighted by atomic mass is 9.95. The molecule has 3 nitrogen and oxygen atoms in total. The third-order valence-corrected chi connectivity index (χ3v) is 5.25. The Kier molecular flexibility index (Phi) is 4.17. The first-order valence-electron chi connectivity index (χ1n) is 6.63. The molecule has 0 N–H and O–H groups in total. The Balaban J connectivity index is 2.37. The zero-order valence-electron chi connectivity index (χ0n) is 11.4. The van der Waals surface area contributed by atoms with Gasteiger partial charge in [0.05, 0.1) is 10.6 Å². The number of hydrogen-bond acceptors (Lipinski definition) is 4. The number of Topliss-reactive ketones (excluding diaryl/α,β-unsaturated/α-hetero) is 1. The van der Waals surface area contributed by atoms with Crippen molar-refractivity contribution >= 4 is 17.1 Å². The monoisotopic (exact) mass is 267 g/mol. The van der Waals surface area contributed by atoms with Crippen molar-refractivity contribution in [2.24, 2.45) is 0 Å². The van der Waals surface area contributed by atoms with Gasteiger partial charge in [-0.3, -0.25) is 4.79 Å². The number of thiazole rings is 1. The van der Waals surface area contributed by atoms with Crippen molar-refractivity contribution in [3.8, 4) is 0 Å². The standard InChI is InChI=1S/C14H21NO2S/c1-10-12(11(2)16)18-13(15-10)14(17-3)8-6-4-5-7-9-14/h4-9H2,1-3H3. The average Bonchev–Trinajstić information content (AvgIpc) is 2.61. The van der Waals surface area contributed by atoms with Gasteiger partial charge >= 0.3 is 0 Å². The van der Waals surface area contributed by atoms with Crippen LogP contribution in [0.4, 0.5) is 0 Å². The van der Waals surface area contributed by atoms with Gasteiger partial charge in [0.15, 0.2) is 5.78 Å². The van der Waals surface area contributed by atoms with Crippen molar-refractivity contribution in [1.29, 1.82) is 0 Å². The van der Waals surface area contributed by atoms with Gasteiger partial charge in [-0.25, -0.2) is 4.98 Å². The smallest absolute Gasteiger partial charge is 0.171 e. The Morgan fingerprint density at radius 3 is 2.33 bits per heavy atom. The fourth-order valence-electron chi connectivity index (χ4n) is 2.72. The number of aromatic nitrogens is 1. The highest BCUT2D eigenvalue weighted by Crippen LogP contribution is 2.41. The van der Waals surface area contributed by atoms with Crippen molar-refractivity contribution < 1.29 is 9.53 Å². The molecule has 0 aliphatic heterocycles. The summed E-state index contributed by atoms with van der Waals surface area (Å²) in [5, 5.41) is 0.995. The second-order valence-corrected chi connectivity index (χ2v) is 6.10. The summed E-state index contributed by atoms with van der Waals surface area (Å²) in [7, 11) is 1.77. The first-order valence-corrected chi connectivity index (χ1v) is 7.45. The summed E-state index contributed by atoms with van der Waals surface area (Å²) < 4.78 is 5.83. The van der Waals surface area contributed by atoms with E-state index in [1.807, 2.05) is 6.92 Å². The molecule has 0 aromatic carbocycles. The number of hydrogen-bond donors (Lipinski definition) is 0. The van der Waals surface area contributed by atoms with E-state index < -0.39 is 0 Å². The second kappa shape index (κ2) is 5.49. The van der Waals surface area contributed by atoms with Crippen LogP contribution in [0.15, 0.2) is 0 Å². The summed E-state index contributed by atoms with van der Waals surface area (Å²) in [6.07, 6.45) is 6.95. The Morgan fingerprint density at radius 2 is 1.89 bits per heavy atom. The lowest BCUT2D eigenvalue weighted by molar-refractivity contribution is -0.0280. The second-order valence-electron chi connectivity index (χ2n) is 5.10. The van der Waals surface area contributed by atoms with Crippen molar-refractivity contribution in [3.05, 3.63) is 15.6 Å². The van der Waals surface area contributed by atoms with E-state index in [2.05, 4.69) is 4.98 Å². The van der Waals surface area contributed by atoms with E-state index in [-0.39, 0.29) is 11.4 Å². The number of ether oxygens (including phenoxy) is 1. The summed E-state index contributed by atoms with van der Waals surface area (Å²) in [5.74, 6) is 0.108. The molecule has 1 heterocycles. The molecule has 0 atom stereocenters. The lowest BCUT2D eigenvalue weighted by Crippen LogP contribution is -2.27. The predicted molar refractivity (Wildman–Crippen MR) is 73.2 cm³/mol. The molecule has 100 valence electrons. The quantitative estimate of drug-likeness (QED) is 0.617. The first-order chi connectivity index (χ1) is 8.59. The highest BCUT2D eigenvalue weighted by atomic mass is 32.1. The van der Waals surface area contributed by atoms with Gasteiger partial charge in [-0.15, -0.1) is 11.3 Å². The minimum atomic E-state index is -0.250. The maximum atomic E-state index is 11.6.